The van der Waals surface area contributed by atoms with Crippen molar-refractivity contribution in [3.63, 3.8) is 0 Å². The molecule has 0 aromatic heterocycles. The number of rotatable bonds is 5. The van der Waals surface area contributed by atoms with Gasteiger partial charge in [-0.25, -0.2) is 0 Å². The lowest BCUT2D eigenvalue weighted by Gasteiger charge is -2.38. The smallest absolute Gasteiger partial charge is 0.0340 e. The lowest BCUT2D eigenvalue weighted by molar-refractivity contribution is 0.100. The molecule has 2 aliphatic rings. The first kappa shape index (κ1) is 14.9. The molecule has 1 N–H and O–H groups in total. The summed E-state index contributed by atoms with van der Waals surface area (Å²) in [5.41, 5.74) is 2.56. The van der Waals surface area contributed by atoms with Crippen molar-refractivity contribution < 1.29 is 0 Å². The third-order valence-corrected chi connectivity index (χ3v) is 5.06. The van der Waals surface area contributed by atoms with Gasteiger partial charge < -0.3 is 5.32 Å². The molecule has 1 aliphatic heterocycles. The predicted molar refractivity (Wildman–Crippen MR) is 89.9 cm³/mol. The van der Waals surface area contributed by atoms with Crippen LogP contribution in [-0.4, -0.2) is 55.1 Å². The first-order chi connectivity index (χ1) is 10.3. The zero-order chi connectivity index (χ0) is 14.5. The lowest BCUT2D eigenvalue weighted by atomic mass is 10.2. The molecule has 0 bridgehead atoms. The molecule has 116 valence electrons. The summed E-state index contributed by atoms with van der Waals surface area (Å²) >= 11 is 0. The number of anilines is 1. The van der Waals surface area contributed by atoms with Gasteiger partial charge >= 0.3 is 0 Å². The van der Waals surface area contributed by atoms with Crippen LogP contribution in [0.15, 0.2) is 24.3 Å². The summed E-state index contributed by atoms with van der Waals surface area (Å²) in [6.07, 6.45) is 5.78. The van der Waals surface area contributed by atoms with E-state index in [1.807, 2.05) is 0 Å². The highest BCUT2D eigenvalue weighted by atomic mass is 15.3. The Balaban J connectivity index is 1.34. The van der Waals surface area contributed by atoms with Gasteiger partial charge in [0.1, 0.15) is 0 Å². The van der Waals surface area contributed by atoms with E-state index in [-0.39, 0.29) is 0 Å². The van der Waals surface area contributed by atoms with Crippen molar-refractivity contribution in [2.45, 2.75) is 38.6 Å². The van der Waals surface area contributed by atoms with Gasteiger partial charge in [0.15, 0.2) is 0 Å². The highest BCUT2D eigenvalue weighted by Gasteiger charge is 2.25. The van der Waals surface area contributed by atoms with Crippen molar-refractivity contribution >= 4 is 5.69 Å². The van der Waals surface area contributed by atoms with Crippen molar-refractivity contribution in [3.8, 4) is 0 Å². The van der Waals surface area contributed by atoms with E-state index in [0.717, 1.165) is 19.1 Å². The molecule has 0 atom stereocenters. The number of hydrogen-bond donors (Lipinski definition) is 1. The summed E-state index contributed by atoms with van der Waals surface area (Å²) in [7, 11) is 0. The third-order valence-electron chi connectivity index (χ3n) is 5.06. The van der Waals surface area contributed by atoms with Crippen molar-refractivity contribution in [3.05, 3.63) is 29.8 Å². The van der Waals surface area contributed by atoms with Crippen LogP contribution in [0.2, 0.25) is 0 Å². The van der Waals surface area contributed by atoms with Gasteiger partial charge in [0.25, 0.3) is 0 Å². The fourth-order valence-electron chi connectivity index (χ4n) is 3.65. The standard InChI is InChI=1S/C18H29N3/c1-16-6-8-17(9-7-16)19-10-11-20-12-14-21(15-13-20)18-4-2-3-5-18/h6-9,18-19H,2-5,10-15H2,1H3. The molecule has 1 saturated carbocycles. The SMILES string of the molecule is Cc1ccc(NCCN2CCN(C3CCCC3)CC2)cc1. The second-order valence-electron chi connectivity index (χ2n) is 6.61. The van der Waals surface area contributed by atoms with Crippen LogP contribution in [0, 0.1) is 6.92 Å². The van der Waals surface area contributed by atoms with Crippen LogP contribution >= 0.6 is 0 Å². The molecule has 2 fully saturated rings. The van der Waals surface area contributed by atoms with Gasteiger partial charge in [-0.15, -0.1) is 0 Å². The maximum absolute atomic E-state index is 3.53. The minimum absolute atomic E-state index is 0.901. The third kappa shape index (κ3) is 4.21. The molecule has 3 heteroatoms. The summed E-state index contributed by atoms with van der Waals surface area (Å²) in [5.74, 6) is 0. The number of benzene rings is 1. The van der Waals surface area contributed by atoms with E-state index in [2.05, 4.69) is 46.3 Å². The summed E-state index contributed by atoms with van der Waals surface area (Å²) in [5, 5.41) is 3.53. The van der Waals surface area contributed by atoms with Gasteiger partial charge in [-0.1, -0.05) is 30.5 Å². The molecule has 3 rings (SSSR count). The highest BCUT2D eigenvalue weighted by molar-refractivity contribution is 5.44. The number of aryl methyl sites for hydroxylation is 1. The fourth-order valence-corrected chi connectivity index (χ4v) is 3.65. The molecule has 0 radical (unpaired) electrons. The van der Waals surface area contributed by atoms with E-state index in [4.69, 9.17) is 0 Å². The second kappa shape index (κ2) is 7.28. The molecular formula is C18H29N3. The first-order valence-electron chi connectivity index (χ1n) is 8.58. The van der Waals surface area contributed by atoms with Crippen molar-refractivity contribution in [2.75, 3.05) is 44.6 Å². The maximum Gasteiger partial charge on any atom is 0.0340 e. The molecular weight excluding hydrogens is 258 g/mol. The van der Waals surface area contributed by atoms with E-state index in [1.165, 1.54) is 63.1 Å². The summed E-state index contributed by atoms with van der Waals surface area (Å²) in [4.78, 5) is 5.34. The van der Waals surface area contributed by atoms with E-state index in [0.29, 0.717) is 0 Å². The maximum atomic E-state index is 3.53. The quantitative estimate of drug-likeness (QED) is 0.898. The number of hydrogen-bond acceptors (Lipinski definition) is 3. The average Bonchev–Trinajstić information content (AvgIpc) is 3.04. The molecule has 0 spiro atoms. The second-order valence-corrected chi connectivity index (χ2v) is 6.61. The molecule has 1 aromatic rings. The van der Waals surface area contributed by atoms with Crippen molar-refractivity contribution in [1.29, 1.82) is 0 Å². The van der Waals surface area contributed by atoms with Gasteiger partial charge in [-0.2, -0.15) is 0 Å². The number of nitrogens with one attached hydrogen (secondary N) is 1. The molecule has 1 aromatic carbocycles. The zero-order valence-corrected chi connectivity index (χ0v) is 13.4. The van der Waals surface area contributed by atoms with E-state index in [9.17, 15) is 0 Å². The van der Waals surface area contributed by atoms with Crippen LogP contribution in [0.25, 0.3) is 0 Å². The Bertz CT molecular complexity index is 415. The largest absolute Gasteiger partial charge is 0.384 e. The molecule has 0 unspecified atom stereocenters. The van der Waals surface area contributed by atoms with Gasteiger partial charge in [0.2, 0.25) is 0 Å². The Morgan fingerprint density at radius 1 is 1.00 bits per heavy atom. The summed E-state index contributed by atoms with van der Waals surface area (Å²) < 4.78 is 0. The van der Waals surface area contributed by atoms with Crippen LogP contribution in [-0.2, 0) is 0 Å². The van der Waals surface area contributed by atoms with Gasteiger partial charge in [-0.3, -0.25) is 9.80 Å². The van der Waals surface area contributed by atoms with Crippen LogP contribution < -0.4 is 5.32 Å². The Morgan fingerprint density at radius 3 is 2.33 bits per heavy atom. The Kier molecular flexibility index (Phi) is 5.15. The Labute approximate surface area is 129 Å². The van der Waals surface area contributed by atoms with Crippen LogP contribution in [0.4, 0.5) is 5.69 Å². The molecule has 21 heavy (non-hydrogen) atoms. The van der Waals surface area contributed by atoms with E-state index >= 15 is 0 Å². The van der Waals surface area contributed by atoms with Crippen molar-refractivity contribution in [1.82, 2.24) is 9.80 Å². The van der Waals surface area contributed by atoms with Crippen LogP contribution in [0.1, 0.15) is 31.2 Å². The average molecular weight is 287 g/mol. The number of nitrogens with zero attached hydrogens (tertiary/aromatic N) is 2. The minimum Gasteiger partial charge on any atom is -0.384 e. The fraction of sp³-hybridized carbons (Fsp3) is 0.667. The van der Waals surface area contributed by atoms with Gasteiger partial charge in [0, 0.05) is 51.0 Å². The van der Waals surface area contributed by atoms with Crippen LogP contribution in [0.3, 0.4) is 0 Å². The lowest BCUT2D eigenvalue weighted by Crippen LogP contribution is -2.50. The molecule has 0 amide bonds. The van der Waals surface area contributed by atoms with Crippen LogP contribution in [0.5, 0.6) is 0 Å². The Hall–Kier alpha value is -1.06. The van der Waals surface area contributed by atoms with Crippen molar-refractivity contribution in [2.24, 2.45) is 0 Å². The Morgan fingerprint density at radius 2 is 1.67 bits per heavy atom. The minimum atomic E-state index is 0.901. The summed E-state index contributed by atoms with van der Waals surface area (Å²) in [6, 6.07) is 9.59. The highest BCUT2D eigenvalue weighted by Crippen LogP contribution is 2.24. The molecule has 1 aliphatic carbocycles. The topological polar surface area (TPSA) is 18.5 Å². The predicted octanol–water partition coefficient (Wildman–Crippen LogP) is 2.97. The van der Waals surface area contributed by atoms with E-state index < -0.39 is 0 Å². The van der Waals surface area contributed by atoms with Gasteiger partial charge in [0.05, 0.1) is 0 Å². The van der Waals surface area contributed by atoms with Gasteiger partial charge in [-0.05, 0) is 31.9 Å². The summed E-state index contributed by atoms with van der Waals surface area (Å²) in [6.45, 7) is 9.37. The number of piperazine rings is 1. The molecule has 1 heterocycles. The van der Waals surface area contributed by atoms with E-state index in [1.54, 1.807) is 0 Å². The molecule has 3 nitrogen and oxygen atoms in total. The zero-order valence-electron chi connectivity index (χ0n) is 13.4. The molecule has 1 saturated heterocycles. The monoisotopic (exact) mass is 287 g/mol. The first-order valence-corrected chi connectivity index (χ1v) is 8.58. The normalized spacial score (nSPS) is 21.8.